The highest BCUT2D eigenvalue weighted by molar-refractivity contribution is 14.0. The number of rotatable bonds is 7. The van der Waals surface area contributed by atoms with Crippen LogP contribution in [-0.2, 0) is 6.54 Å². The van der Waals surface area contributed by atoms with Gasteiger partial charge < -0.3 is 15.4 Å². The van der Waals surface area contributed by atoms with Crippen molar-refractivity contribution in [2.24, 2.45) is 10.9 Å². The summed E-state index contributed by atoms with van der Waals surface area (Å²) in [7, 11) is 3.41. The summed E-state index contributed by atoms with van der Waals surface area (Å²) < 4.78 is 5.12. The molecule has 1 atom stereocenters. The maximum absolute atomic E-state index is 5.12. The molecule has 126 valence electrons. The fourth-order valence-electron chi connectivity index (χ4n) is 1.94. The molecule has 1 rings (SSSR count). The zero-order chi connectivity index (χ0) is 15.7. The van der Waals surface area contributed by atoms with Crippen molar-refractivity contribution in [3.63, 3.8) is 0 Å². The van der Waals surface area contributed by atoms with Crippen molar-refractivity contribution < 1.29 is 4.74 Å². The lowest BCUT2D eigenvalue weighted by molar-refractivity contribution is 0.397. The summed E-state index contributed by atoms with van der Waals surface area (Å²) in [5.41, 5.74) is 1.11. The van der Waals surface area contributed by atoms with Crippen molar-refractivity contribution in [2.75, 3.05) is 14.2 Å². The van der Waals surface area contributed by atoms with Gasteiger partial charge in [-0.15, -0.1) is 24.0 Å². The quantitative estimate of drug-likeness (QED) is 0.404. The topological polar surface area (TPSA) is 58.5 Å². The summed E-state index contributed by atoms with van der Waals surface area (Å²) in [4.78, 5) is 8.36. The van der Waals surface area contributed by atoms with E-state index >= 15 is 0 Å². The van der Waals surface area contributed by atoms with Gasteiger partial charge in [0.2, 0.25) is 5.88 Å². The zero-order valence-corrected chi connectivity index (χ0v) is 16.5. The van der Waals surface area contributed by atoms with E-state index in [2.05, 4.69) is 41.4 Å². The third-order valence-corrected chi connectivity index (χ3v) is 3.25. The van der Waals surface area contributed by atoms with E-state index in [1.54, 1.807) is 20.4 Å². The highest BCUT2D eigenvalue weighted by atomic mass is 127. The number of aromatic nitrogens is 1. The van der Waals surface area contributed by atoms with Crippen LogP contribution in [0.3, 0.4) is 0 Å². The first-order valence-electron chi connectivity index (χ1n) is 7.51. The van der Waals surface area contributed by atoms with E-state index in [0.717, 1.165) is 23.9 Å². The number of nitrogens with one attached hydrogen (secondary N) is 2. The molecule has 0 aromatic carbocycles. The van der Waals surface area contributed by atoms with Crippen LogP contribution in [0.5, 0.6) is 5.88 Å². The minimum absolute atomic E-state index is 0. The fraction of sp³-hybridized carbons (Fsp3) is 0.625. The third kappa shape index (κ3) is 8.41. The molecule has 0 saturated carbocycles. The molecule has 0 amide bonds. The van der Waals surface area contributed by atoms with Crippen LogP contribution in [0.15, 0.2) is 23.3 Å². The Labute approximate surface area is 151 Å². The van der Waals surface area contributed by atoms with Gasteiger partial charge in [-0.25, -0.2) is 4.98 Å². The van der Waals surface area contributed by atoms with Crippen molar-refractivity contribution >= 4 is 29.9 Å². The number of nitrogens with zero attached hydrogens (tertiary/aromatic N) is 2. The number of hydrogen-bond donors (Lipinski definition) is 2. The Balaban J connectivity index is 0.00000441. The Morgan fingerprint density at radius 3 is 2.64 bits per heavy atom. The molecule has 22 heavy (non-hydrogen) atoms. The molecule has 0 bridgehead atoms. The van der Waals surface area contributed by atoms with Crippen molar-refractivity contribution in [3.8, 4) is 5.88 Å². The van der Waals surface area contributed by atoms with Crippen LogP contribution in [-0.4, -0.2) is 31.1 Å². The van der Waals surface area contributed by atoms with Crippen molar-refractivity contribution in [3.05, 3.63) is 23.9 Å². The van der Waals surface area contributed by atoms with Gasteiger partial charge in [0, 0.05) is 31.9 Å². The number of aliphatic imine (C=N–C) groups is 1. The smallest absolute Gasteiger partial charge is 0.213 e. The lowest BCUT2D eigenvalue weighted by atomic mass is 10.0. The Morgan fingerprint density at radius 2 is 2.05 bits per heavy atom. The van der Waals surface area contributed by atoms with Gasteiger partial charge in [0.05, 0.1) is 7.11 Å². The Kier molecular flexibility index (Phi) is 11.0. The van der Waals surface area contributed by atoms with Crippen LogP contribution < -0.4 is 15.4 Å². The second-order valence-electron chi connectivity index (χ2n) is 5.65. The average Bonchev–Trinajstić information content (AvgIpc) is 2.49. The van der Waals surface area contributed by atoms with Crippen LogP contribution in [0.2, 0.25) is 0 Å². The lowest BCUT2D eigenvalue weighted by Gasteiger charge is -2.18. The normalized spacial score (nSPS) is 12.5. The molecule has 1 unspecified atom stereocenters. The number of ether oxygens (including phenoxy) is 1. The van der Waals surface area contributed by atoms with Gasteiger partial charge in [0.1, 0.15) is 0 Å². The van der Waals surface area contributed by atoms with Gasteiger partial charge in [-0.05, 0) is 37.3 Å². The van der Waals surface area contributed by atoms with E-state index in [0.29, 0.717) is 18.5 Å². The molecule has 0 aliphatic rings. The highest BCUT2D eigenvalue weighted by Crippen LogP contribution is 2.08. The third-order valence-electron chi connectivity index (χ3n) is 3.25. The first-order chi connectivity index (χ1) is 10.0. The molecule has 1 aromatic rings. The van der Waals surface area contributed by atoms with Crippen LogP contribution in [0.1, 0.15) is 39.2 Å². The van der Waals surface area contributed by atoms with E-state index < -0.39 is 0 Å². The predicted octanol–water partition coefficient (Wildman–Crippen LogP) is 3.20. The van der Waals surface area contributed by atoms with E-state index in [4.69, 9.17) is 4.74 Å². The maximum atomic E-state index is 5.12. The van der Waals surface area contributed by atoms with Gasteiger partial charge in [-0.3, -0.25) is 4.99 Å². The summed E-state index contributed by atoms with van der Waals surface area (Å²) in [6.07, 6.45) is 4.10. The maximum Gasteiger partial charge on any atom is 0.213 e. The molecule has 0 radical (unpaired) electrons. The second kappa shape index (κ2) is 11.5. The lowest BCUT2D eigenvalue weighted by Crippen LogP contribution is -2.41. The Hall–Kier alpha value is -1.05. The number of pyridine rings is 1. The number of hydrogen-bond acceptors (Lipinski definition) is 3. The summed E-state index contributed by atoms with van der Waals surface area (Å²) >= 11 is 0. The number of halogens is 1. The minimum Gasteiger partial charge on any atom is -0.481 e. The first-order valence-corrected chi connectivity index (χ1v) is 7.51. The minimum atomic E-state index is 0. The van der Waals surface area contributed by atoms with E-state index in [-0.39, 0.29) is 24.0 Å². The van der Waals surface area contributed by atoms with Crippen molar-refractivity contribution in [2.45, 2.75) is 46.2 Å². The molecule has 0 spiro atoms. The molecule has 0 saturated heterocycles. The molecular weight excluding hydrogens is 391 g/mol. The molecule has 1 heterocycles. The largest absolute Gasteiger partial charge is 0.481 e. The van der Waals surface area contributed by atoms with Gasteiger partial charge in [0.25, 0.3) is 0 Å². The van der Waals surface area contributed by atoms with Gasteiger partial charge >= 0.3 is 0 Å². The summed E-state index contributed by atoms with van der Waals surface area (Å²) in [6.45, 7) is 7.37. The van der Waals surface area contributed by atoms with E-state index in [1.165, 1.54) is 6.42 Å². The molecule has 5 nitrogen and oxygen atoms in total. The summed E-state index contributed by atoms with van der Waals surface area (Å²) in [5.74, 6) is 2.18. The first kappa shape index (κ1) is 20.9. The SMILES string of the molecule is CN=C(NCc1ccnc(OC)c1)NC(C)CCC(C)C.I. The molecule has 0 aliphatic heterocycles. The Morgan fingerprint density at radius 1 is 1.32 bits per heavy atom. The predicted molar refractivity (Wildman–Crippen MR) is 103 cm³/mol. The zero-order valence-electron chi connectivity index (χ0n) is 14.2. The molecular formula is C16H29IN4O. The van der Waals surface area contributed by atoms with Gasteiger partial charge in [-0.2, -0.15) is 0 Å². The van der Waals surface area contributed by atoms with Crippen LogP contribution >= 0.6 is 24.0 Å². The highest BCUT2D eigenvalue weighted by Gasteiger charge is 2.06. The van der Waals surface area contributed by atoms with Gasteiger partial charge in [0.15, 0.2) is 5.96 Å². The molecule has 6 heteroatoms. The van der Waals surface area contributed by atoms with Crippen LogP contribution in [0.4, 0.5) is 0 Å². The van der Waals surface area contributed by atoms with Crippen molar-refractivity contribution in [1.82, 2.24) is 15.6 Å². The molecule has 2 N–H and O–H groups in total. The monoisotopic (exact) mass is 420 g/mol. The molecule has 1 aromatic heterocycles. The summed E-state index contributed by atoms with van der Waals surface area (Å²) in [5, 5.41) is 6.72. The number of methoxy groups -OCH3 is 1. The van der Waals surface area contributed by atoms with Crippen LogP contribution in [0.25, 0.3) is 0 Å². The van der Waals surface area contributed by atoms with E-state index in [1.807, 2.05) is 12.1 Å². The standard InChI is InChI=1S/C16H28N4O.HI/c1-12(2)6-7-13(3)20-16(17-4)19-11-14-8-9-18-15(10-14)21-5;/h8-10,12-13H,6-7,11H2,1-5H3,(H2,17,19,20);1H. The van der Waals surface area contributed by atoms with Crippen LogP contribution in [0, 0.1) is 5.92 Å². The van der Waals surface area contributed by atoms with Gasteiger partial charge in [-0.1, -0.05) is 13.8 Å². The molecule has 0 aliphatic carbocycles. The van der Waals surface area contributed by atoms with Crippen molar-refractivity contribution in [1.29, 1.82) is 0 Å². The van der Waals surface area contributed by atoms with E-state index in [9.17, 15) is 0 Å². The fourth-order valence-corrected chi connectivity index (χ4v) is 1.94. The Bertz CT molecular complexity index is 452. The number of guanidine groups is 1. The average molecular weight is 420 g/mol. The second-order valence-corrected chi connectivity index (χ2v) is 5.65. The molecule has 0 fully saturated rings. The summed E-state index contributed by atoms with van der Waals surface area (Å²) in [6, 6.07) is 4.29.